The molecule has 0 bridgehead atoms. The number of carbonyl (C=O) groups is 1. The lowest BCUT2D eigenvalue weighted by atomic mass is 10.0. The van der Waals surface area contributed by atoms with Gasteiger partial charge in [0.1, 0.15) is 6.29 Å². The molecule has 1 radical (unpaired) electrons. The Bertz CT molecular complexity index is 339. The SMILES string of the molecule is CC1(C)C[C]1c1cccc(C=O)c1. The minimum absolute atomic E-state index is 0.363. The highest BCUT2D eigenvalue weighted by Gasteiger charge is 2.47. The Balaban J connectivity index is 2.27. The van der Waals surface area contributed by atoms with Crippen LogP contribution in [0.15, 0.2) is 24.3 Å². The van der Waals surface area contributed by atoms with Crippen molar-refractivity contribution in [2.24, 2.45) is 5.41 Å². The number of benzene rings is 1. The molecule has 13 heavy (non-hydrogen) atoms. The van der Waals surface area contributed by atoms with Crippen LogP contribution >= 0.6 is 0 Å². The predicted octanol–water partition coefficient (Wildman–Crippen LogP) is 2.85. The maximum absolute atomic E-state index is 10.6. The van der Waals surface area contributed by atoms with Crippen LogP contribution in [0.1, 0.15) is 36.2 Å². The second-order valence-electron chi connectivity index (χ2n) is 4.28. The normalized spacial score (nSPS) is 19.8. The molecule has 0 aromatic heterocycles. The summed E-state index contributed by atoms with van der Waals surface area (Å²) in [4.78, 5) is 10.6. The first-order valence-electron chi connectivity index (χ1n) is 4.55. The van der Waals surface area contributed by atoms with Gasteiger partial charge in [0.25, 0.3) is 0 Å². The van der Waals surface area contributed by atoms with Gasteiger partial charge >= 0.3 is 0 Å². The highest BCUT2D eigenvalue weighted by atomic mass is 16.1. The minimum atomic E-state index is 0.363. The average Bonchev–Trinajstić information content (AvgIpc) is 2.76. The number of carbonyl (C=O) groups excluding carboxylic acids is 1. The summed E-state index contributed by atoms with van der Waals surface area (Å²) >= 11 is 0. The molecule has 0 atom stereocenters. The Morgan fingerprint density at radius 1 is 1.38 bits per heavy atom. The van der Waals surface area contributed by atoms with Crippen LogP contribution in [0, 0.1) is 11.3 Å². The molecule has 1 saturated carbocycles. The van der Waals surface area contributed by atoms with Crippen molar-refractivity contribution in [2.75, 3.05) is 0 Å². The Morgan fingerprint density at radius 3 is 2.62 bits per heavy atom. The van der Waals surface area contributed by atoms with Gasteiger partial charge in [-0.2, -0.15) is 0 Å². The molecule has 1 aromatic rings. The molecule has 0 heterocycles. The van der Waals surface area contributed by atoms with Crippen LogP contribution < -0.4 is 0 Å². The molecule has 0 amide bonds. The summed E-state index contributed by atoms with van der Waals surface area (Å²) in [5.41, 5.74) is 2.36. The second-order valence-corrected chi connectivity index (χ2v) is 4.28. The average molecular weight is 173 g/mol. The molecular formula is C12H13O. The molecule has 67 valence electrons. The van der Waals surface area contributed by atoms with Gasteiger partial charge < -0.3 is 0 Å². The molecule has 1 aromatic carbocycles. The van der Waals surface area contributed by atoms with Crippen molar-refractivity contribution in [2.45, 2.75) is 20.3 Å². The summed E-state index contributed by atoms with van der Waals surface area (Å²) in [6.07, 6.45) is 2.06. The molecule has 0 aliphatic heterocycles. The van der Waals surface area contributed by atoms with E-state index in [1.54, 1.807) is 0 Å². The number of aldehydes is 1. The van der Waals surface area contributed by atoms with Crippen LogP contribution in [-0.4, -0.2) is 6.29 Å². The lowest BCUT2D eigenvalue weighted by molar-refractivity contribution is 0.112. The van der Waals surface area contributed by atoms with Crippen molar-refractivity contribution in [1.29, 1.82) is 0 Å². The predicted molar refractivity (Wildman–Crippen MR) is 52.6 cm³/mol. The first-order valence-corrected chi connectivity index (χ1v) is 4.55. The minimum Gasteiger partial charge on any atom is -0.298 e. The standard InChI is InChI=1S/C12H13O/c1-12(2)7-11(12)10-5-3-4-9(6-10)8-13/h3-6,8H,7H2,1-2H3. The number of hydrogen-bond donors (Lipinski definition) is 0. The molecule has 1 heteroatoms. The van der Waals surface area contributed by atoms with Crippen molar-refractivity contribution in [3.63, 3.8) is 0 Å². The third kappa shape index (κ3) is 1.51. The maximum atomic E-state index is 10.6. The van der Waals surface area contributed by atoms with Crippen LogP contribution in [0.4, 0.5) is 0 Å². The molecule has 1 aliphatic carbocycles. The van der Waals surface area contributed by atoms with Gasteiger partial charge in [-0.25, -0.2) is 0 Å². The zero-order chi connectivity index (χ0) is 9.47. The van der Waals surface area contributed by atoms with Crippen LogP contribution in [0.2, 0.25) is 0 Å². The summed E-state index contributed by atoms with van der Waals surface area (Å²) < 4.78 is 0. The lowest BCUT2D eigenvalue weighted by Crippen LogP contribution is -1.91. The fraction of sp³-hybridized carbons (Fsp3) is 0.333. The third-order valence-corrected chi connectivity index (χ3v) is 2.68. The number of rotatable bonds is 2. The van der Waals surface area contributed by atoms with Gasteiger partial charge in [-0.3, -0.25) is 4.79 Å². The first-order chi connectivity index (χ1) is 6.13. The zero-order valence-corrected chi connectivity index (χ0v) is 8.00. The highest BCUT2D eigenvalue weighted by molar-refractivity contribution is 5.75. The Hall–Kier alpha value is -1.11. The van der Waals surface area contributed by atoms with Crippen molar-refractivity contribution in [1.82, 2.24) is 0 Å². The van der Waals surface area contributed by atoms with Crippen molar-refractivity contribution in [3.8, 4) is 0 Å². The van der Waals surface area contributed by atoms with E-state index in [2.05, 4.69) is 19.9 Å². The molecule has 1 nitrogen and oxygen atoms in total. The van der Waals surface area contributed by atoms with E-state index < -0.39 is 0 Å². The van der Waals surface area contributed by atoms with Gasteiger partial charge in [0, 0.05) is 11.5 Å². The Morgan fingerprint density at radius 2 is 2.08 bits per heavy atom. The van der Waals surface area contributed by atoms with Gasteiger partial charge in [-0.15, -0.1) is 0 Å². The molecule has 1 fully saturated rings. The number of hydrogen-bond acceptors (Lipinski definition) is 1. The van der Waals surface area contributed by atoms with Gasteiger partial charge in [-0.1, -0.05) is 32.0 Å². The van der Waals surface area contributed by atoms with E-state index in [4.69, 9.17) is 0 Å². The first kappa shape index (κ1) is 8.49. The van der Waals surface area contributed by atoms with Crippen LogP contribution in [0.25, 0.3) is 0 Å². The summed E-state index contributed by atoms with van der Waals surface area (Å²) in [6, 6.07) is 7.83. The summed E-state index contributed by atoms with van der Waals surface area (Å²) in [5, 5.41) is 0. The van der Waals surface area contributed by atoms with Gasteiger partial charge in [0.05, 0.1) is 0 Å². The largest absolute Gasteiger partial charge is 0.298 e. The van der Waals surface area contributed by atoms with E-state index in [9.17, 15) is 4.79 Å². The summed E-state index contributed by atoms with van der Waals surface area (Å²) in [5.74, 6) is 1.47. The van der Waals surface area contributed by atoms with Gasteiger partial charge in [0.15, 0.2) is 0 Å². The summed E-state index contributed by atoms with van der Waals surface area (Å²) in [6.45, 7) is 4.46. The quantitative estimate of drug-likeness (QED) is 0.628. The third-order valence-electron chi connectivity index (χ3n) is 2.68. The summed E-state index contributed by atoms with van der Waals surface area (Å²) in [7, 11) is 0. The second kappa shape index (κ2) is 2.69. The zero-order valence-electron chi connectivity index (χ0n) is 8.00. The van der Waals surface area contributed by atoms with E-state index in [-0.39, 0.29) is 0 Å². The molecule has 0 spiro atoms. The fourth-order valence-corrected chi connectivity index (χ4v) is 1.69. The smallest absolute Gasteiger partial charge is 0.150 e. The van der Waals surface area contributed by atoms with Crippen LogP contribution in [0.5, 0.6) is 0 Å². The Labute approximate surface area is 78.8 Å². The molecular weight excluding hydrogens is 160 g/mol. The Kier molecular flexibility index (Phi) is 1.76. The van der Waals surface area contributed by atoms with E-state index >= 15 is 0 Å². The van der Waals surface area contributed by atoms with Crippen molar-refractivity contribution >= 4 is 6.29 Å². The van der Waals surface area contributed by atoms with Gasteiger partial charge in [0.2, 0.25) is 0 Å². The van der Waals surface area contributed by atoms with E-state index in [1.165, 1.54) is 11.5 Å². The highest BCUT2D eigenvalue weighted by Crippen LogP contribution is 2.57. The van der Waals surface area contributed by atoms with Crippen LogP contribution in [-0.2, 0) is 0 Å². The van der Waals surface area contributed by atoms with Crippen LogP contribution in [0.3, 0.4) is 0 Å². The van der Waals surface area contributed by atoms with E-state index in [1.807, 2.05) is 18.2 Å². The van der Waals surface area contributed by atoms with Crippen molar-refractivity contribution < 1.29 is 4.79 Å². The monoisotopic (exact) mass is 173 g/mol. The maximum Gasteiger partial charge on any atom is 0.150 e. The molecule has 1 aliphatic rings. The molecule has 2 rings (SSSR count). The van der Waals surface area contributed by atoms with E-state index in [0.29, 0.717) is 5.41 Å². The topological polar surface area (TPSA) is 17.1 Å². The fourth-order valence-electron chi connectivity index (χ4n) is 1.69. The molecule has 0 N–H and O–H groups in total. The molecule has 0 unspecified atom stereocenters. The van der Waals surface area contributed by atoms with Gasteiger partial charge in [-0.05, 0) is 23.5 Å². The lowest BCUT2D eigenvalue weighted by Gasteiger charge is -2.02. The van der Waals surface area contributed by atoms with Crippen molar-refractivity contribution in [3.05, 3.63) is 41.3 Å². The molecule has 0 saturated heterocycles. The van der Waals surface area contributed by atoms with E-state index in [0.717, 1.165) is 18.3 Å².